The summed E-state index contributed by atoms with van der Waals surface area (Å²) >= 11 is 0. The van der Waals surface area contributed by atoms with Crippen LogP contribution in [-0.2, 0) is 0 Å². The Labute approximate surface area is 136 Å². The van der Waals surface area contributed by atoms with E-state index in [0.29, 0.717) is 12.6 Å². The van der Waals surface area contributed by atoms with Gasteiger partial charge in [0, 0.05) is 29.4 Å². The van der Waals surface area contributed by atoms with Crippen molar-refractivity contribution in [1.29, 1.82) is 0 Å². The molecule has 1 N–H and O–H groups in total. The molecule has 2 aromatic rings. The summed E-state index contributed by atoms with van der Waals surface area (Å²) in [4.78, 5) is 12.8. The third-order valence-corrected chi connectivity index (χ3v) is 4.90. The van der Waals surface area contributed by atoms with Crippen LogP contribution in [0.2, 0.25) is 0 Å². The number of nitrogens with zero attached hydrogens (tertiary/aromatic N) is 1. The molecule has 1 fully saturated rings. The first-order valence-corrected chi connectivity index (χ1v) is 8.36. The van der Waals surface area contributed by atoms with Gasteiger partial charge in [0.15, 0.2) is 0 Å². The van der Waals surface area contributed by atoms with Crippen LogP contribution in [0, 0.1) is 13.8 Å². The quantitative estimate of drug-likeness (QED) is 0.939. The van der Waals surface area contributed by atoms with Gasteiger partial charge in [-0.3, -0.25) is 4.79 Å². The van der Waals surface area contributed by atoms with Crippen molar-refractivity contribution in [3.63, 3.8) is 0 Å². The van der Waals surface area contributed by atoms with Crippen molar-refractivity contribution in [2.75, 3.05) is 6.61 Å². The molecule has 0 bridgehead atoms. The maximum atomic E-state index is 12.8. The minimum absolute atomic E-state index is 0.0201. The van der Waals surface area contributed by atoms with E-state index < -0.39 is 0 Å². The zero-order valence-electron chi connectivity index (χ0n) is 13.6. The predicted molar refractivity (Wildman–Crippen MR) is 88.9 cm³/mol. The summed E-state index contributed by atoms with van der Waals surface area (Å²) < 4.78 is 7.98. The summed E-state index contributed by atoms with van der Waals surface area (Å²) in [5, 5.41) is 3.20. The summed E-state index contributed by atoms with van der Waals surface area (Å²) in [6, 6.07) is 10.6. The Morgan fingerprint density at radius 1 is 1.22 bits per heavy atom. The molecule has 2 aliphatic rings. The Morgan fingerprint density at radius 3 is 2.78 bits per heavy atom. The number of nitrogens with one attached hydrogen (secondary N) is 1. The van der Waals surface area contributed by atoms with Gasteiger partial charge in [-0.15, -0.1) is 0 Å². The van der Waals surface area contributed by atoms with E-state index in [2.05, 4.69) is 23.7 Å². The highest BCUT2D eigenvalue weighted by Gasteiger charge is 2.29. The molecule has 1 unspecified atom stereocenters. The Bertz CT molecular complexity index is 759. The molecule has 1 aliphatic heterocycles. The number of hydrogen-bond acceptors (Lipinski definition) is 2. The number of hydrogen-bond donors (Lipinski definition) is 1. The van der Waals surface area contributed by atoms with Crippen molar-refractivity contribution in [2.45, 2.75) is 45.2 Å². The third-order valence-electron chi connectivity index (χ3n) is 4.90. The second-order valence-corrected chi connectivity index (χ2v) is 6.59. The minimum Gasteiger partial charge on any atom is -0.493 e. The van der Waals surface area contributed by atoms with Crippen LogP contribution in [0.3, 0.4) is 0 Å². The zero-order chi connectivity index (χ0) is 16.0. The van der Waals surface area contributed by atoms with Crippen LogP contribution in [0.1, 0.15) is 58.7 Å². The number of aromatic nitrogens is 1. The molecule has 2 heterocycles. The van der Waals surface area contributed by atoms with Gasteiger partial charge in [0.25, 0.3) is 5.91 Å². The molecule has 4 rings (SSSR count). The van der Waals surface area contributed by atoms with Gasteiger partial charge in [-0.2, -0.15) is 0 Å². The summed E-state index contributed by atoms with van der Waals surface area (Å²) in [7, 11) is 0. The topological polar surface area (TPSA) is 43.3 Å². The number of fused-ring (bicyclic) bond motifs is 1. The van der Waals surface area contributed by atoms with Gasteiger partial charge in [0.05, 0.1) is 18.2 Å². The van der Waals surface area contributed by atoms with E-state index in [1.807, 2.05) is 30.3 Å². The lowest BCUT2D eigenvalue weighted by atomic mass is 10.00. The molecule has 4 nitrogen and oxygen atoms in total. The SMILES string of the molecule is Cc1cc(C(=O)NC2CCOc3ccccc32)c(C)n1C1CC1. The fraction of sp³-hybridized carbons (Fsp3) is 0.421. The van der Waals surface area contributed by atoms with Crippen molar-refractivity contribution in [3.05, 3.63) is 52.8 Å². The van der Waals surface area contributed by atoms with Gasteiger partial charge < -0.3 is 14.6 Å². The molecular formula is C19H22N2O2. The first-order chi connectivity index (χ1) is 11.1. The highest BCUT2D eigenvalue weighted by atomic mass is 16.5. The van der Waals surface area contributed by atoms with Crippen LogP contribution >= 0.6 is 0 Å². The molecule has 0 spiro atoms. The number of amides is 1. The smallest absolute Gasteiger partial charge is 0.253 e. The van der Waals surface area contributed by atoms with E-state index in [1.54, 1.807) is 0 Å². The fourth-order valence-electron chi connectivity index (χ4n) is 3.63. The van der Waals surface area contributed by atoms with Gasteiger partial charge in [0.2, 0.25) is 0 Å². The standard InChI is InChI=1S/C19H22N2O2/c1-12-11-16(13(2)21(12)14-7-8-14)19(22)20-17-9-10-23-18-6-4-3-5-15(17)18/h3-6,11,14,17H,7-10H2,1-2H3,(H,20,22). The Kier molecular flexibility index (Phi) is 3.40. The summed E-state index contributed by atoms with van der Waals surface area (Å²) in [5.41, 5.74) is 4.15. The van der Waals surface area contributed by atoms with E-state index in [-0.39, 0.29) is 11.9 Å². The van der Waals surface area contributed by atoms with Crippen molar-refractivity contribution in [3.8, 4) is 5.75 Å². The van der Waals surface area contributed by atoms with Crippen LogP contribution in [0.15, 0.2) is 30.3 Å². The summed E-state index contributed by atoms with van der Waals surface area (Å²) in [5.74, 6) is 0.902. The Balaban J connectivity index is 1.58. The zero-order valence-corrected chi connectivity index (χ0v) is 13.6. The first kappa shape index (κ1) is 14.4. The lowest BCUT2D eigenvalue weighted by Crippen LogP contribution is -2.32. The van der Waals surface area contributed by atoms with Crippen LogP contribution in [0.4, 0.5) is 0 Å². The fourth-order valence-corrected chi connectivity index (χ4v) is 3.63. The molecule has 0 saturated heterocycles. The molecule has 1 aliphatic carbocycles. The lowest BCUT2D eigenvalue weighted by Gasteiger charge is -2.26. The van der Waals surface area contributed by atoms with Crippen LogP contribution < -0.4 is 10.1 Å². The second-order valence-electron chi connectivity index (χ2n) is 6.59. The lowest BCUT2D eigenvalue weighted by molar-refractivity contribution is 0.0924. The second kappa shape index (κ2) is 5.44. The number of aryl methyl sites for hydroxylation is 1. The largest absolute Gasteiger partial charge is 0.493 e. The highest BCUT2D eigenvalue weighted by Crippen LogP contribution is 2.38. The predicted octanol–water partition coefficient (Wildman–Crippen LogP) is 3.69. The van der Waals surface area contributed by atoms with E-state index in [1.165, 1.54) is 18.5 Å². The minimum atomic E-state index is 0.0201. The molecule has 23 heavy (non-hydrogen) atoms. The number of ether oxygens (including phenoxy) is 1. The average molecular weight is 310 g/mol. The van der Waals surface area contributed by atoms with E-state index >= 15 is 0 Å². The number of benzene rings is 1. The molecule has 1 aromatic heterocycles. The van der Waals surface area contributed by atoms with E-state index in [0.717, 1.165) is 29.0 Å². The third kappa shape index (κ3) is 2.52. The molecule has 1 amide bonds. The maximum absolute atomic E-state index is 12.8. The van der Waals surface area contributed by atoms with Crippen LogP contribution in [0.5, 0.6) is 5.75 Å². The van der Waals surface area contributed by atoms with Crippen molar-refractivity contribution >= 4 is 5.91 Å². The van der Waals surface area contributed by atoms with Gasteiger partial charge in [-0.1, -0.05) is 18.2 Å². The molecule has 1 atom stereocenters. The highest BCUT2D eigenvalue weighted by molar-refractivity contribution is 5.96. The Morgan fingerprint density at radius 2 is 2.00 bits per heavy atom. The van der Waals surface area contributed by atoms with Gasteiger partial charge in [0.1, 0.15) is 5.75 Å². The van der Waals surface area contributed by atoms with Crippen molar-refractivity contribution < 1.29 is 9.53 Å². The first-order valence-electron chi connectivity index (χ1n) is 8.36. The number of para-hydroxylation sites is 1. The van der Waals surface area contributed by atoms with Crippen LogP contribution in [-0.4, -0.2) is 17.1 Å². The van der Waals surface area contributed by atoms with Gasteiger partial charge in [-0.05, 0) is 38.8 Å². The summed E-state index contributed by atoms with van der Waals surface area (Å²) in [6.07, 6.45) is 3.26. The molecule has 0 radical (unpaired) electrons. The van der Waals surface area contributed by atoms with E-state index in [9.17, 15) is 4.79 Å². The monoisotopic (exact) mass is 310 g/mol. The average Bonchev–Trinajstić information content (AvgIpc) is 3.33. The maximum Gasteiger partial charge on any atom is 0.253 e. The van der Waals surface area contributed by atoms with Gasteiger partial charge in [-0.25, -0.2) is 0 Å². The molecule has 4 heteroatoms. The normalized spacial score (nSPS) is 19.8. The molecule has 120 valence electrons. The number of rotatable bonds is 3. The molecule has 1 aromatic carbocycles. The number of carbonyl (C=O) groups is 1. The van der Waals surface area contributed by atoms with Crippen LogP contribution in [0.25, 0.3) is 0 Å². The Hall–Kier alpha value is -2.23. The number of carbonyl (C=O) groups excluding carboxylic acids is 1. The molecular weight excluding hydrogens is 288 g/mol. The van der Waals surface area contributed by atoms with Gasteiger partial charge >= 0.3 is 0 Å². The summed E-state index contributed by atoms with van der Waals surface area (Å²) in [6.45, 7) is 4.78. The van der Waals surface area contributed by atoms with Crippen molar-refractivity contribution in [1.82, 2.24) is 9.88 Å². The van der Waals surface area contributed by atoms with Crippen molar-refractivity contribution in [2.24, 2.45) is 0 Å². The van der Waals surface area contributed by atoms with E-state index in [4.69, 9.17) is 4.74 Å². The molecule has 1 saturated carbocycles.